The first kappa shape index (κ1) is 26.2. The van der Waals surface area contributed by atoms with E-state index in [0.29, 0.717) is 26.2 Å². The Kier molecular flexibility index (Phi) is 10.1. The molecule has 2 unspecified atom stereocenters. The molecule has 0 bridgehead atoms. The van der Waals surface area contributed by atoms with Gasteiger partial charge in [0.25, 0.3) is 0 Å². The van der Waals surface area contributed by atoms with Crippen molar-refractivity contribution in [1.29, 1.82) is 0 Å². The van der Waals surface area contributed by atoms with E-state index in [9.17, 15) is 9.59 Å². The minimum atomic E-state index is -0.531. The molecule has 2 aromatic rings. The Morgan fingerprint density at radius 2 is 1.60 bits per heavy atom. The molecule has 1 amide bonds. The molecular formula is C29H36N2O4. The minimum absolute atomic E-state index is 0.247. The van der Waals surface area contributed by atoms with Crippen LogP contribution in [0.3, 0.4) is 0 Å². The van der Waals surface area contributed by atoms with E-state index in [2.05, 4.69) is 11.8 Å². The molecule has 1 aliphatic heterocycles. The van der Waals surface area contributed by atoms with Gasteiger partial charge in [-0.25, -0.2) is 9.59 Å². The van der Waals surface area contributed by atoms with Crippen molar-refractivity contribution in [3.63, 3.8) is 0 Å². The lowest BCUT2D eigenvalue weighted by Gasteiger charge is -2.38. The summed E-state index contributed by atoms with van der Waals surface area (Å²) in [6.45, 7) is 8.22. The number of amides is 1. The maximum Gasteiger partial charge on any atom is 0.410 e. The predicted octanol–water partition coefficient (Wildman–Crippen LogP) is 5.53. The van der Waals surface area contributed by atoms with E-state index >= 15 is 0 Å². The molecule has 0 aliphatic carbocycles. The topological polar surface area (TPSA) is 59.1 Å². The molecule has 2 atom stereocenters. The Hall–Kier alpha value is -3.38. The third-order valence-corrected chi connectivity index (χ3v) is 6.12. The predicted molar refractivity (Wildman–Crippen MR) is 138 cm³/mol. The molecule has 0 spiro atoms. The van der Waals surface area contributed by atoms with Gasteiger partial charge < -0.3 is 14.4 Å². The van der Waals surface area contributed by atoms with Crippen molar-refractivity contribution in [2.75, 3.05) is 26.2 Å². The number of piperazine rings is 1. The van der Waals surface area contributed by atoms with E-state index in [0.717, 1.165) is 23.1 Å². The summed E-state index contributed by atoms with van der Waals surface area (Å²) in [4.78, 5) is 29.8. The zero-order valence-electron chi connectivity index (χ0n) is 20.9. The van der Waals surface area contributed by atoms with Gasteiger partial charge >= 0.3 is 12.1 Å². The maximum atomic E-state index is 13.4. The Morgan fingerprint density at radius 3 is 2.20 bits per heavy atom. The molecule has 1 saturated heterocycles. The number of carbonyl (C=O) groups excluding carboxylic acids is 2. The molecule has 2 aromatic carbocycles. The molecule has 0 radical (unpaired) electrons. The monoisotopic (exact) mass is 476 g/mol. The van der Waals surface area contributed by atoms with Gasteiger partial charge in [0.15, 0.2) is 0 Å². The normalized spacial score (nSPS) is 16.7. The summed E-state index contributed by atoms with van der Waals surface area (Å²) in [5.41, 5.74) is 2.81. The fourth-order valence-electron chi connectivity index (χ4n) is 4.10. The second-order valence-corrected chi connectivity index (χ2v) is 8.55. The van der Waals surface area contributed by atoms with Crippen molar-refractivity contribution in [2.45, 2.75) is 45.9 Å². The van der Waals surface area contributed by atoms with Crippen molar-refractivity contribution in [1.82, 2.24) is 9.80 Å². The average molecular weight is 477 g/mol. The van der Waals surface area contributed by atoms with Gasteiger partial charge in [0.05, 0.1) is 0 Å². The van der Waals surface area contributed by atoms with Crippen LogP contribution in [0.2, 0.25) is 0 Å². The van der Waals surface area contributed by atoms with Crippen LogP contribution in [0.4, 0.5) is 4.79 Å². The fraction of sp³-hybridized carbons (Fsp3) is 0.379. The molecule has 3 rings (SSSR count). The molecule has 0 N–H and O–H groups in total. The van der Waals surface area contributed by atoms with Crippen LogP contribution >= 0.6 is 0 Å². The highest BCUT2D eigenvalue weighted by molar-refractivity contribution is 5.81. The molecule has 1 aliphatic rings. The molecule has 186 valence electrons. The van der Waals surface area contributed by atoms with Crippen molar-refractivity contribution < 1.29 is 19.1 Å². The second kappa shape index (κ2) is 13.5. The molecular weight excluding hydrogens is 440 g/mol. The zero-order valence-corrected chi connectivity index (χ0v) is 20.9. The summed E-state index contributed by atoms with van der Waals surface area (Å²) in [7, 11) is 0. The van der Waals surface area contributed by atoms with Crippen LogP contribution in [0, 0.1) is 0 Å². The Bertz CT molecular complexity index is 996. The van der Waals surface area contributed by atoms with E-state index < -0.39 is 6.04 Å². The molecule has 1 heterocycles. The van der Waals surface area contributed by atoms with Crippen LogP contribution in [0.1, 0.15) is 44.4 Å². The number of nitrogens with zero attached hydrogens (tertiary/aromatic N) is 2. The van der Waals surface area contributed by atoms with Crippen molar-refractivity contribution in [2.24, 2.45) is 0 Å². The third-order valence-electron chi connectivity index (χ3n) is 6.12. The number of allylic oxidation sites excluding steroid dienone is 2. The number of benzene rings is 2. The number of ether oxygens (including phenoxy) is 2. The highest BCUT2D eigenvalue weighted by atomic mass is 16.6. The summed E-state index contributed by atoms with van der Waals surface area (Å²) in [5, 5.41) is 0. The van der Waals surface area contributed by atoms with Gasteiger partial charge in [-0.05, 0) is 37.0 Å². The first-order valence-corrected chi connectivity index (χ1v) is 12.3. The van der Waals surface area contributed by atoms with E-state index in [4.69, 9.17) is 9.47 Å². The van der Waals surface area contributed by atoms with Gasteiger partial charge in [-0.3, -0.25) is 4.90 Å². The van der Waals surface area contributed by atoms with Gasteiger partial charge in [-0.2, -0.15) is 0 Å². The van der Waals surface area contributed by atoms with E-state index in [1.165, 1.54) is 0 Å². The van der Waals surface area contributed by atoms with E-state index in [1.54, 1.807) is 4.90 Å². The Morgan fingerprint density at radius 1 is 0.971 bits per heavy atom. The van der Waals surface area contributed by atoms with Crippen LogP contribution < -0.4 is 0 Å². The highest BCUT2D eigenvalue weighted by Gasteiger charge is 2.34. The summed E-state index contributed by atoms with van der Waals surface area (Å²) in [5.74, 6) is -0.282. The summed E-state index contributed by atoms with van der Waals surface area (Å²) in [6, 6.07) is 18.8. The fourth-order valence-corrected chi connectivity index (χ4v) is 4.10. The number of esters is 1. The lowest BCUT2D eigenvalue weighted by Crippen LogP contribution is -2.54. The summed E-state index contributed by atoms with van der Waals surface area (Å²) in [6.07, 6.45) is 6.20. The molecule has 35 heavy (non-hydrogen) atoms. The van der Waals surface area contributed by atoms with Crippen LogP contribution in [0.15, 0.2) is 84.5 Å². The summed E-state index contributed by atoms with van der Waals surface area (Å²) < 4.78 is 11.4. The van der Waals surface area contributed by atoms with Gasteiger partial charge in [-0.1, -0.05) is 85.8 Å². The molecule has 6 heteroatoms. The Balaban J connectivity index is 1.65. The van der Waals surface area contributed by atoms with Crippen LogP contribution in [0.25, 0.3) is 0 Å². The van der Waals surface area contributed by atoms with Crippen molar-refractivity contribution in [3.8, 4) is 0 Å². The van der Waals surface area contributed by atoms with Crippen LogP contribution in [-0.2, 0) is 20.9 Å². The lowest BCUT2D eigenvalue weighted by molar-refractivity contribution is -0.154. The number of hydrogen-bond donors (Lipinski definition) is 0. The molecule has 0 aromatic heterocycles. The quantitative estimate of drug-likeness (QED) is 0.352. The van der Waals surface area contributed by atoms with Crippen molar-refractivity contribution >= 4 is 12.1 Å². The zero-order chi connectivity index (χ0) is 25.0. The summed E-state index contributed by atoms with van der Waals surface area (Å²) >= 11 is 0. The van der Waals surface area contributed by atoms with Crippen LogP contribution in [-0.4, -0.2) is 54.1 Å². The second-order valence-electron chi connectivity index (χ2n) is 8.55. The number of hydrogen-bond acceptors (Lipinski definition) is 5. The molecule has 6 nitrogen and oxygen atoms in total. The number of rotatable bonds is 9. The lowest BCUT2D eigenvalue weighted by atomic mass is 10.0. The van der Waals surface area contributed by atoms with Gasteiger partial charge in [0.1, 0.15) is 18.8 Å². The van der Waals surface area contributed by atoms with E-state index in [1.807, 2.05) is 92.7 Å². The minimum Gasteiger partial charge on any atom is -0.456 e. The smallest absolute Gasteiger partial charge is 0.410 e. The first-order valence-electron chi connectivity index (χ1n) is 12.3. The highest BCUT2D eigenvalue weighted by Crippen LogP contribution is 2.23. The van der Waals surface area contributed by atoms with Crippen LogP contribution in [0.5, 0.6) is 0 Å². The first-order chi connectivity index (χ1) is 17.0. The maximum absolute atomic E-state index is 13.4. The number of carbonyl (C=O) groups is 2. The standard InChI is InChI=1S/C29H36N2O4/c1-4-6-15-25(5-2)27(28(32)35-23(3)26-16-11-8-12-17-26)30-18-20-31(21-19-30)29(33)34-22-24-13-9-7-10-14-24/h5-17,23,27H,4,18-22H2,1-3H3. The molecule has 0 saturated carbocycles. The van der Waals surface area contributed by atoms with E-state index in [-0.39, 0.29) is 24.8 Å². The largest absolute Gasteiger partial charge is 0.456 e. The molecule has 1 fully saturated rings. The van der Waals surface area contributed by atoms with Crippen molar-refractivity contribution in [3.05, 3.63) is 95.6 Å². The van der Waals surface area contributed by atoms with Gasteiger partial charge in [-0.15, -0.1) is 0 Å². The van der Waals surface area contributed by atoms with Gasteiger partial charge in [0.2, 0.25) is 0 Å². The third kappa shape index (κ3) is 7.55. The average Bonchev–Trinajstić information content (AvgIpc) is 2.90. The SMILES string of the molecule is CC=C(C=CCC)C(C(=O)OC(C)c1ccccc1)N1CCN(C(=O)OCc2ccccc2)CC1. The Labute approximate surface area is 208 Å². The van der Waals surface area contributed by atoms with Gasteiger partial charge in [0, 0.05) is 26.2 Å².